The summed E-state index contributed by atoms with van der Waals surface area (Å²) in [4.78, 5) is 38.3. The van der Waals surface area contributed by atoms with E-state index in [-0.39, 0.29) is 10.6 Å². The van der Waals surface area contributed by atoms with Crippen LogP contribution in [0.4, 0.5) is 11.4 Å². The Bertz CT molecular complexity index is 1390. The molecule has 0 saturated carbocycles. The molecule has 0 fully saturated rings. The van der Waals surface area contributed by atoms with Crippen LogP contribution in [-0.2, 0) is 0 Å². The van der Waals surface area contributed by atoms with Gasteiger partial charge in [0.15, 0.2) is 0 Å². The predicted molar refractivity (Wildman–Crippen MR) is 112 cm³/mol. The number of benzene rings is 2. The Labute approximate surface area is 169 Å². The molecular formula is C21H15ClN2O5. The van der Waals surface area contributed by atoms with Crippen molar-refractivity contribution in [1.29, 1.82) is 0 Å². The summed E-state index contributed by atoms with van der Waals surface area (Å²) >= 11 is 6.37. The molecule has 0 spiro atoms. The SMILES string of the molecule is CN(C)c1ccc2c(Cl)c(C(=O)Nc3ccc4oc(=O)ccc4c3)c(=O)oc2c1. The van der Waals surface area contributed by atoms with Gasteiger partial charge < -0.3 is 19.1 Å². The first-order valence-electron chi connectivity index (χ1n) is 8.62. The van der Waals surface area contributed by atoms with Gasteiger partial charge >= 0.3 is 11.3 Å². The molecule has 0 bridgehead atoms. The highest BCUT2D eigenvalue weighted by atomic mass is 35.5. The second-order valence-electron chi connectivity index (χ2n) is 6.61. The maximum absolute atomic E-state index is 12.7. The van der Waals surface area contributed by atoms with Crippen molar-refractivity contribution in [2.45, 2.75) is 0 Å². The molecule has 1 N–H and O–H groups in total. The number of carbonyl (C=O) groups excluding carboxylic acids is 1. The molecular weight excluding hydrogens is 396 g/mol. The number of hydrogen-bond donors (Lipinski definition) is 1. The van der Waals surface area contributed by atoms with Crippen LogP contribution in [0.15, 0.2) is 67.0 Å². The molecule has 4 aromatic rings. The molecule has 0 atom stereocenters. The fraction of sp³-hybridized carbons (Fsp3) is 0.0952. The molecule has 2 heterocycles. The van der Waals surface area contributed by atoms with Crippen molar-refractivity contribution in [3.05, 3.63) is 80.0 Å². The van der Waals surface area contributed by atoms with Gasteiger partial charge in [-0.05, 0) is 36.4 Å². The van der Waals surface area contributed by atoms with Crippen LogP contribution in [0.5, 0.6) is 0 Å². The van der Waals surface area contributed by atoms with Crippen LogP contribution in [0.1, 0.15) is 10.4 Å². The average molecular weight is 411 g/mol. The minimum Gasteiger partial charge on any atom is -0.423 e. The molecule has 4 rings (SSSR count). The molecule has 0 unspecified atom stereocenters. The molecule has 146 valence electrons. The summed E-state index contributed by atoms with van der Waals surface area (Å²) in [6, 6.07) is 12.8. The molecule has 0 aliphatic rings. The van der Waals surface area contributed by atoms with E-state index in [2.05, 4.69) is 5.32 Å². The van der Waals surface area contributed by atoms with E-state index in [9.17, 15) is 14.4 Å². The first-order chi connectivity index (χ1) is 13.8. The second kappa shape index (κ2) is 7.10. The zero-order chi connectivity index (χ0) is 20.7. The fourth-order valence-corrected chi connectivity index (χ4v) is 3.28. The number of nitrogens with zero attached hydrogens (tertiary/aromatic N) is 1. The molecule has 0 saturated heterocycles. The minimum absolute atomic E-state index is 0.0193. The number of halogens is 1. The summed E-state index contributed by atoms with van der Waals surface area (Å²) in [6.45, 7) is 0. The van der Waals surface area contributed by atoms with E-state index >= 15 is 0 Å². The molecule has 2 aromatic heterocycles. The molecule has 0 aliphatic carbocycles. The van der Waals surface area contributed by atoms with Gasteiger partial charge in [0.2, 0.25) is 0 Å². The highest BCUT2D eigenvalue weighted by Gasteiger charge is 2.21. The highest BCUT2D eigenvalue weighted by molar-refractivity contribution is 6.38. The van der Waals surface area contributed by atoms with E-state index < -0.39 is 17.2 Å². The van der Waals surface area contributed by atoms with E-state index in [1.807, 2.05) is 25.1 Å². The molecule has 0 radical (unpaired) electrons. The predicted octanol–water partition coefficient (Wildman–Crippen LogP) is 3.87. The lowest BCUT2D eigenvalue weighted by atomic mass is 10.1. The summed E-state index contributed by atoms with van der Waals surface area (Å²) in [5.74, 6) is -0.695. The quantitative estimate of drug-likeness (QED) is 0.515. The third kappa shape index (κ3) is 3.48. The molecule has 0 aliphatic heterocycles. The van der Waals surface area contributed by atoms with E-state index in [0.717, 1.165) is 5.69 Å². The van der Waals surface area contributed by atoms with Crippen LogP contribution in [0, 0.1) is 0 Å². The minimum atomic E-state index is -0.831. The lowest BCUT2D eigenvalue weighted by Gasteiger charge is -2.13. The van der Waals surface area contributed by atoms with Gasteiger partial charge in [0.05, 0.1) is 5.02 Å². The fourth-order valence-electron chi connectivity index (χ4n) is 2.97. The number of hydrogen-bond acceptors (Lipinski definition) is 6. The van der Waals surface area contributed by atoms with E-state index in [4.69, 9.17) is 20.4 Å². The van der Waals surface area contributed by atoms with Gasteiger partial charge in [0, 0.05) is 48.4 Å². The largest absolute Gasteiger partial charge is 0.423 e. The Kier molecular flexibility index (Phi) is 4.60. The van der Waals surface area contributed by atoms with Gasteiger partial charge in [0.25, 0.3) is 5.91 Å². The normalized spacial score (nSPS) is 11.0. The maximum Gasteiger partial charge on any atom is 0.350 e. The lowest BCUT2D eigenvalue weighted by molar-refractivity contribution is 0.102. The topological polar surface area (TPSA) is 92.8 Å². The van der Waals surface area contributed by atoms with Crippen molar-refractivity contribution >= 4 is 50.8 Å². The summed E-state index contributed by atoms with van der Waals surface area (Å²) < 4.78 is 10.4. The Balaban J connectivity index is 1.73. The maximum atomic E-state index is 12.7. The van der Waals surface area contributed by atoms with Gasteiger partial charge in [0.1, 0.15) is 16.7 Å². The van der Waals surface area contributed by atoms with Crippen molar-refractivity contribution in [3.8, 4) is 0 Å². The average Bonchev–Trinajstić information content (AvgIpc) is 2.67. The Morgan fingerprint density at radius 1 is 0.966 bits per heavy atom. The standard InChI is InChI=1S/C21H15ClN2O5/c1-24(2)13-5-6-14-16(10-13)29-21(27)18(19(14)22)20(26)23-12-4-7-15-11(9-12)3-8-17(25)28-15/h3-10H,1-2H3,(H,23,26). The second-order valence-corrected chi connectivity index (χ2v) is 6.99. The number of anilines is 2. The van der Waals surface area contributed by atoms with Gasteiger partial charge in [-0.15, -0.1) is 0 Å². The molecule has 2 aromatic carbocycles. The monoisotopic (exact) mass is 410 g/mol. The third-order valence-electron chi connectivity index (χ3n) is 4.45. The van der Waals surface area contributed by atoms with Gasteiger partial charge in [-0.1, -0.05) is 11.6 Å². The summed E-state index contributed by atoms with van der Waals surface area (Å²) in [5.41, 5.74) is 0.344. The summed E-state index contributed by atoms with van der Waals surface area (Å²) in [6.07, 6.45) is 0. The molecule has 8 heteroatoms. The highest BCUT2D eigenvalue weighted by Crippen LogP contribution is 2.29. The van der Waals surface area contributed by atoms with Crippen LogP contribution in [-0.4, -0.2) is 20.0 Å². The zero-order valence-corrected chi connectivity index (χ0v) is 16.2. The third-order valence-corrected chi connectivity index (χ3v) is 4.84. The number of fused-ring (bicyclic) bond motifs is 2. The molecule has 7 nitrogen and oxygen atoms in total. The van der Waals surface area contributed by atoms with Gasteiger partial charge in [-0.25, -0.2) is 9.59 Å². The Morgan fingerprint density at radius 2 is 1.76 bits per heavy atom. The Hall–Kier alpha value is -3.58. The van der Waals surface area contributed by atoms with Crippen molar-refractivity contribution in [3.63, 3.8) is 0 Å². The van der Waals surface area contributed by atoms with Crippen molar-refractivity contribution in [1.82, 2.24) is 0 Å². The summed E-state index contributed by atoms with van der Waals surface area (Å²) in [5, 5.41) is 3.73. The van der Waals surface area contributed by atoms with Crippen LogP contribution in [0.3, 0.4) is 0 Å². The number of rotatable bonds is 3. The lowest BCUT2D eigenvalue weighted by Crippen LogP contribution is -2.21. The molecule has 29 heavy (non-hydrogen) atoms. The zero-order valence-electron chi connectivity index (χ0n) is 15.5. The van der Waals surface area contributed by atoms with Gasteiger partial charge in [-0.2, -0.15) is 0 Å². The summed E-state index contributed by atoms with van der Waals surface area (Å²) in [7, 11) is 3.72. The Morgan fingerprint density at radius 3 is 2.52 bits per heavy atom. The van der Waals surface area contributed by atoms with Gasteiger partial charge in [-0.3, -0.25) is 4.79 Å². The van der Waals surface area contributed by atoms with Crippen LogP contribution in [0.25, 0.3) is 21.9 Å². The van der Waals surface area contributed by atoms with Crippen LogP contribution >= 0.6 is 11.6 Å². The van der Waals surface area contributed by atoms with Crippen molar-refractivity contribution in [2.75, 3.05) is 24.3 Å². The number of carbonyl (C=O) groups is 1. The van der Waals surface area contributed by atoms with E-state index in [1.165, 1.54) is 6.07 Å². The first kappa shape index (κ1) is 18.8. The molecule has 1 amide bonds. The smallest absolute Gasteiger partial charge is 0.350 e. The van der Waals surface area contributed by atoms with Crippen LogP contribution < -0.4 is 21.5 Å². The van der Waals surface area contributed by atoms with E-state index in [1.54, 1.807) is 36.4 Å². The van der Waals surface area contributed by atoms with Crippen LogP contribution in [0.2, 0.25) is 5.02 Å². The van der Waals surface area contributed by atoms with E-state index in [0.29, 0.717) is 27.6 Å². The van der Waals surface area contributed by atoms with Crippen molar-refractivity contribution < 1.29 is 13.6 Å². The number of amides is 1. The number of nitrogens with one attached hydrogen (secondary N) is 1. The first-order valence-corrected chi connectivity index (χ1v) is 9.00. The van der Waals surface area contributed by atoms with Crippen molar-refractivity contribution in [2.24, 2.45) is 0 Å².